The first kappa shape index (κ1) is 14.8. The first-order valence-corrected chi connectivity index (χ1v) is 5.95. The van der Waals surface area contributed by atoms with E-state index in [2.05, 4.69) is 10.3 Å². The zero-order chi connectivity index (χ0) is 15.6. The van der Waals surface area contributed by atoms with Crippen molar-refractivity contribution in [1.29, 1.82) is 0 Å². The number of hydrogen-bond donors (Lipinski definition) is 2. The molecule has 0 radical (unpaired) electrons. The Hall–Kier alpha value is -2.57. The molecule has 0 aliphatic rings. The highest BCUT2D eigenvalue weighted by Gasteiger charge is 2.30. The molecule has 1 aromatic carbocycles. The highest BCUT2D eigenvalue weighted by atomic mass is 19.4. The second-order valence-corrected chi connectivity index (χ2v) is 4.39. The number of H-pyrrole nitrogens is 1. The van der Waals surface area contributed by atoms with Gasteiger partial charge in [0.05, 0.1) is 5.56 Å². The average molecular weight is 296 g/mol. The zero-order valence-electron chi connectivity index (χ0n) is 10.9. The van der Waals surface area contributed by atoms with Crippen molar-refractivity contribution in [3.63, 3.8) is 0 Å². The molecule has 0 aliphatic heterocycles. The molecule has 2 aromatic rings. The van der Waals surface area contributed by atoms with Gasteiger partial charge in [-0.1, -0.05) is 6.07 Å². The monoisotopic (exact) mass is 296 g/mol. The van der Waals surface area contributed by atoms with Gasteiger partial charge in [-0.15, -0.1) is 0 Å². The molecule has 21 heavy (non-hydrogen) atoms. The van der Waals surface area contributed by atoms with Crippen molar-refractivity contribution < 1.29 is 22.8 Å². The number of rotatable bonds is 3. The van der Waals surface area contributed by atoms with Gasteiger partial charge in [0.1, 0.15) is 5.69 Å². The van der Waals surface area contributed by atoms with Crippen LogP contribution in [-0.2, 0) is 6.18 Å². The Morgan fingerprint density at radius 1 is 1.19 bits per heavy atom. The van der Waals surface area contributed by atoms with Crippen LogP contribution in [0.4, 0.5) is 18.9 Å². The van der Waals surface area contributed by atoms with E-state index in [9.17, 15) is 22.8 Å². The summed E-state index contributed by atoms with van der Waals surface area (Å²) in [6, 6.07) is 5.65. The molecule has 4 nitrogen and oxygen atoms in total. The smallest absolute Gasteiger partial charge is 0.356 e. The highest BCUT2D eigenvalue weighted by molar-refractivity contribution is 6.05. The maximum absolute atomic E-state index is 12.6. The Morgan fingerprint density at radius 3 is 2.48 bits per heavy atom. The van der Waals surface area contributed by atoms with Gasteiger partial charge in [-0.05, 0) is 31.2 Å². The van der Waals surface area contributed by atoms with E-state index < -0.39 is 17.6 Å². The Kier molecular flexibility index (Phi) is 3.84. The SMILES string of the molecule is CC(=O)c1c[nH]c(C(=O)Nc2cccc(C(F)(F)F)c2)c1. The van der Waals surface area contributed by atoms with Gasteiger partial charge in [0.2, 0.25) is 0 Å². The minimum absolute atomic E-state index is 0.0220. The lowest BCUT2D eigenvalue weighted by atomic mass is 10.2. The quantitative estimate of drug-likeness (QED) is 0.852. The average Bonchev–Trinajstić information content (AvgIpc) is 2.88. The van der Waals surface area contributed by atoms with E-state index >= 15 is 0 Å². The van der Waals surface area contributed by atoms with Crippen molar-refractivity contribution in [2.75, 3.05) is 5.32 Å². The van der Waals surface area contributed by atoms with Gasteiger partial charge in [-0.25, -0.2) is 0 Å². The number of nitrogens with one attached hydrogen (secondary N) is 2. The molecule has 0 unspecified atom stereocenters. The normalized spacial score (nSPS) is 11.2. The number of halogens is 3. The lowest BCUT2D eigenvalue weighted by molar-refractivity contribution is -0.137. The lowest BCUT2D eigenvalue weighted by Crippen LogP contribution is -2.13. The number of anilines is 1. The molecular weight excluding hydrogens is 285 g/mol. The number of Topliss-reactive ketones (excluding diaryl/α,β-unsaturated/α-hetero) is 1. The largest absolute Gasteiger partial charge is 0.416 e. The second kappa shape index (κ2) is 5.43. The van der Waals surface area contributed by atoms with Gasteiger partial charge >= 0.3 is 6.18 Å². The van der Waals surface area contributed by atoms with Crippen molar-refractivity contribution >= 4 is 17.4 Å². The fourth-order valence-electron chi connectivity index (χ4n) is 1.70. The number of ketones is 1. The first-order valence-electron chi connectivity index (χ1n) is 5.95. The van der Waals surface area contributed by atoms with Gasteiger partial charge in [-0.2, -0.15) is 13.2 Å². The van der Waals surface area contributed by atoms with Gasteiger partial charge in [0.15, 0.2) is 5.78 Å². The number of amides is 1. The number of benzene rings is 1. The number of hydrogen-bond acceptors (Lipinski definition) is 2. The minimum Gasteiger partial charge on any atom is -0.356 e. The van der Waals surface area contributed by atoms with Crippen LogP contribution >= 0.6 is 0 Å². The molecule has 0 spiro atoms. The molecule has 0 saturated carbocycles. The van der Waals surface area contributed by atoms with Crippen LogP contribution in [0.5, 0.6) is 0 Å². The van der Waals surface area contributed by atoms with Crippen molar-refractivity contribution in [1.82, 2.24) is 4.98 Å². The molecular formula is C14H11F3N2O2. The van der Waals surface area contributed by atoms with Crippen molar-refractivity contribution in [2.45, 2.75) is 13.1 Å². The molecule has 1 amide bonds. The molecule has 0 atom stereocenters. The zero-order valence-corrected chi connectivity index (χ0v) is 10.9. The Labute approximate surface area is 118 Å². The maximum atomic E-state index is 12.6. The molecule has 7 heteroatoms. The molecule has 0 fully saturated rings. The molecule has 110 valence electrons. The van der Waals surface area contributed by atoms with Crippen LogP contribution in [-0.4, -0.2) is 16.7 Å². The van der Waals surface area contributed by atoms with Crippen LogP contribution in [0.15, 0.2) is 36.5 Å². The summed E-state index contributed by atoms with van der Waals surface area (Å²) < 4.78 is 37.7. The van der Waals surface area contributed by atoms with Crippen molar-refractivity contribution in [3.05, 3.63) is 53.3 Å². The Balaban J connectivity index is 2.17. The summed E-state index contributed by atoms with van der Waals surface area (Å²) in [6.45, 7) is 1.34. The van der Waals surface area contributed by atoms with Crippen LogP contribution in [0.25, 0.3) is 0 Å². The molecule has 0 bridgehead atoms. The summed E-state index contributed by atoms with van der Waals surface area (Å²) in [4.78, 5) is 25.6. The third-order valence-corrected chi connectivity index (χ3v) is 2.78. The van der Waals surface area contributed by atoms with E-state index in [1.807, 2.05) is 0 Å². The number of aromatic amines is 1. The van der Waals surface area contributed by atoms with Crippen LogP contribution in [0.2, 0.25) is 0 Å². The van der Waals surface area contributed by atoms with E-state index in [0.29, 0.717) is 5.56 Å². The first-order chi connectivity index (χ1) is 9.77. The fourth-order valence-corrected chi connectivity index (χ4v) is 1.70. The summed E-state index contributed by atoms with van der Waals surface area (Å²) in [5.74, 6) is -0.841. The van der Waals surface area contributed by atoms with Gasteiger partial charge < -0.3 is 10.3 Å². The number of carbonyl (C=O) groups excluding carboxylic acids is 2. The van der Waals surface area contributed by atoms with Crippen molar-refractivity contribution in [3.8, 4) is 0 Å². The number of carbonyl (C=O) groups is 2. The number of aromatic nitrogens is 1. The standard InChI is InChI=1S/C14H11F3N2O2/c1-8(20)9-5-12(18-7-9)13(21)19-11-4-2-3-10(6-11)14(15,16)17/h2-7,18H,1H3,(H,19,21). The highest BCUT2D eigenvalue weighted by Crippen LogP contribution is 2.30. The molecule has 0 aliphatic carbocycles. The van der Waals surface area contributed by atoms with Crippen LogP contribution in [0.3, 0.4) is 0 Å². The van der Waals surface area contributed by atoms with E-state index in [0.717, 1.165) is 12.1 Å². The van der Waals surface area contributed by atoms with Gasteiger partial charge in [-0.3, -0.25) is 9.59 Å². The summed E-state index contributed by atoms with van der Waals surface area (Å²) in [7, 11) is 0. The molecule has 2 rings (SSSR count). The Morgan fingerprint density at radius 2 is 1.90 bits per heavy atom. The summed E-state index contributed by atoms with van der Waals surface area (Å²) in [6.07, 6.45) is -3.11. The van der Waals surface area contributed by atoms with Crippen molar-refractivity contribution in [2.24, 2.45) is 0 Å². The van der Waals surface area contributed by atoms with E-state index in [1.165, 1.54) is 31.3 Å². The third-order valence-electron chi connectivity index (χ3n) is 2.78. The summed E-state index contributed by atoms with van der Waals surface area (Å²) >= 11 is 0. The second-order valence-electron chi connectivity index (χ2n) is 4.39. The maximum Gasteiger partial charge on any atom is 0.416 e. The molecule has 0 saturated heterocycles. The summed E-state index contributed by atoms with van der Waals surface area (Å²) in [5.41, 5.74) is -0.410. The third kappa shape index (κ3) is 3.50. The summed E-state index contributed by atoms with van der Waals surface area (Å²) in [5, 5.41) is 2.34. The van der Waals surface area contributed by atoms with E-state index in [1.54, 1.807) is 0 Å². The van der Waals surface area contributed by atoms with E-state index in [-0.39, 0.29) is 17.2 Å². The minimum atomic E-state index is -4.48. The van der Waals surface area contributed by atoms with Crippen LogP contribution in [0, 0.1) is 0 Å². The van der Waals surface area contributed by atoms with Gasteiger partial charge in [0.25, 0.3) is 5.91 Å². The predicted molar refractivity (Wildman–Crippen MR) is 70.2 cm³/mol. The van der Waals surface area contributed by atoms with E-state index in [4.69, 9.17) is 0 Å². The lowest BCUT2D eigenvalue weighted by Gasteiger charge is -2.09. The Bertz CT molecular complexity index is 690. The van der Waals surface area contributed by atoms with Crippen LogP contribution in [0.1, 0.15) is 33.3 Å². The number of alkyl halides is 3. The van der Waals surface area contributed by atoms with Gasteiger partial charge in [0, 0.05) is 17.4 Å². The molecule has 1 heterocycles. The fraction of sp³-hybridized carbons (Fsp3) is 0.143. The molecule has 1 aromatic heterocycles. The predicted octanol–water partition coefficient (Wildman–Crippen LogP) is 3.49. The van der Waals surface area contributed by atoms with Crippen LogP contribution < -0.4 is 5.32 Å². The topological polar surface area (TPSA) is 62.0 Å². The molecule has 2 N–H and O–H groups in total.